The van der Waals surface area contributed by atoms with Crippen LogP contribution in [0.4, 0.5) is 0 Å². The summed E-state index contributed by atoms with van der Waals surface area (Å²) < 4.78 is 0. The number of hydrogen-bond donors (Lipinski definition) is 0. The van der Waals surface area contributed by atoms with Crippen LogP contribution in [0.1, 0.15) is 0 Å². The summed E-state index contributed by atoms with van der Waals surface area (Å²) in [5.41, 5.74) is 14.0. The zero-order valence-electron chi connectivity index (χ0n) is 30.3. The topological polar surface area (TPSA) is 64.5 Å². The highest BCUT2D eigenvalue weighted by Crippen LogP contribution is 2.35. The Kier molecular flexibility index (Phi) is 8.43. The van der Waals surface area contributed by atoms with E-state index < -0.39 is 0 Å². The second-order valence-corrected chi connectivity index (χ2v) is 13.8. The highest BCUT2D eigenvalue weighted by atomic mass is 14.9. The van der Waals surface area contributed by atoms with Crippen molar-refractivity contribution >= 4 is 21.7 Å². The number of para-hydroxylation sites is 1. The number of fused-ring (bicyclic) bond motifs is 3. The predicted octanol–water partition coefficient (Wildman–Crippen LogP) is 12.6. The fraction of sp³-hybridized carbons (Fsp3) is 0. The molecule has 0 radical (unpaired) electrons. The normalized spacial score (nSPS) is 11.2. The number of pyridine rings is 3. The van der Waals surface area contributed by atoms with Crippen LogP contribution in [0.25, 0.3) is 100 Å². The lowest BCUT2D eigenvalue weighted by Gasteiger charge is -2.12. The van der Waals surface area contributed by atoms with Crippen LogP contribution in [0.15, 0.2) is 201 Å². The minimum absolute atomic E-state index is 0.685. The van der Waals surface area contributed by atoms with Crippen LogP contribution >= 0.6 is 0 Å². The molecule has 56 heavy (non-hydrogen) atoms. The Labute approximate surface area is 324 Å². The van der Waals surface area contributed by atoms with Crippen LogP contribution in [0.2, 0.25) is 0 Å². The van der Waals surface area contributed by atoms with Gasteiger partial charge in [0.2, 0.25) is 0 Å². The third-order valence-corrected chi connectivity index (χ3v) is 10.2. The van der Waals surface area contributed by atoms with E-state index in [-0.39, 0.29) is 0 Å². The maximum absolute atomic E-state index is 5.10. The molecule has 0 amide bonds. The molecule has 5 heteroatoms. The monoisotopic (exact) mass is 715 g/mol. The van der Waals surface area contributed by atoms with Crippen molar-refractivity contribution in [2.24, 2.45) is 0 Å². The highest BCUT2D eigenvalue weighted by molar-refractivity contribution is 6.10. The fourth-order valence-electron chi connectivity index (χ4n) is 7.37. The van der Waals surface area contributed by atoms with Gasteiger partial charge in [0.05, 0.1) is 28.3 Å². The Morgan fingerprint density at radius 2 is 0.875 bits per heavy atom. The Morgan fingerprint density at radius 3 is 1.61 bits per heavy atom. The third-order valence-electron chi connectivity index (χ3n) is 10.2. The quantitative estimate of drug-likeness (QED) is 0.154. The van der Waals surface area contributed by atoms with Gasteiger partial charge in [0.25, 0.3) is 0 Å². The molecule has 0 fully saturated rings. The Morgan fingerprint density at radius 1 is 0.304 bits per heavy atom. The lowest BCUT2D eigenvalue weighted by Crippen LogP contribution is -1.96. The van der Waals surface area contributed by atoms with Crippen molar-refractivity contribution < 1.29 is 0 Å². The molecule has 0 unspecified atom stereocenters. The molecule has 10 aromatic rings. The van der Waals surface area contributed by atoms with Crippen molar-refractivity contribution in [3.63, 3.8) is 0 Å². The molecule has 4 aromatic heterocycles. The van der Waals surface area contributed by atoms with Gasteiger partial charge in [-0.2, -0.15) is 0 Å². The van der Waals surface area contributed by atoms with Gasteiger partial charge in [-0.05, 0) is 69.6 Å². The summed E-state index contributed by atoms with van der Waals surface area (Å²) in [6.45, 7) is 0. The molecular formula is C51H33N5. The molecule has 6 aromatic carbocycles. The minimum Gasteiger partial charge on any atom is -0.264 e. The summed E-state index contributed by atoms with van der Waals surface area (Å²) >= 11 is 0. The Bertz CT molecular complexity index is 3000. The van der Waals surface area contributed by atoms with Crippen LogP contribution in [-0.2, 0) is 0 Å². The van der Waals surface area contributed by atoms with Gasteiger partial charge in [-0.15, -0.1) is 0 Å². The van der Waals surface area contributed by atoms with Gasteiger partial charge >= 0.3 is 0 Å². The van der Waals surface area contributed by atoms with Crippen LogP contribution in [0.3, 0.4) is 0 Å². The Hall–Kier alpha value is -7.63. The van der Waals surface area contributed by atoms with E-state index in [1.54, 1.807) is 6.20 Å². The van der Waals surface area contributed by atoms with Gasteiger partial charge in [0.15, 0.2) is 5.82 Å². The zero-order valence-corrected chi connectivity index (χ0v) is 30.3. The number of hydrogen-bond acceptors (Lipinski definition) is 5. The smallest absolute Gasteiger partial charge is 0.160 e. The first-order valence-electron chi connectivity index (χ1n) is 18.6. The molecule has 0 saturated carbocycles. The molecule has 5 nitrogen and oxygen atoms in total. The van der Waals surface area contributed by atoms with Crippen molar-refractivity contribution in [2.75, 3.05) is 0 Å². The van der Waals surface area contributed by atoms with E-state index in [1.165, 1.54) is 5.39 Å². The number of rotatable bonds is 7. The summed E-state index contributed by atoms with van der Waals surface area (Å²) in [5.74, 6) is 0.685. The summed E-state index contributed by atoms with van der Waals surface area (Å²) in [4.78, 5) is 24.4. The first-order valence-corrected chi connectivity index (χ1v) is 18.6. The van der Waals surface area contributed by atoms with Crippen molar-refractivity contribution in [3.8, 4) is 78.7 Å². The van der Waals surface area contributed by atoms with Crippen molar-refractivity contribution in [3.05, 3.63) is 201 Å². The molecule has 0 aliphatic rings. The summed E-state index contributed by atoms with van der Waals surface area (Å²) in [5, 5.41) is 3.42. The molecule has 0 saturated heterocycles. The Balaban J connectivity index is 0.984. The summed E-state index contributed by atoms with van der Waals surface area (Å²) in [6, 6.07) is 62.9. The van der Waals surface area contributed by atoms with Gasteiger partial charge in [-0.1, -0.05) is 146 Å². The van der Waals surface area contributed by atoms with Crippen LogP contribution in [0.5, 0.6) is 0 Å². The number of nitrogens with zero attached hydrogens (tertiary/aromatic N) is 5. The first kappa shape index (κ1) is 33.0. The average molecular weight is 716 g/mol. The SMILES string of the molecule is c1ccc(-c2nc(-c3ccc(-c4cccnc4)cc3)cc(-c3cccc(-c4cccc(-c5ccc(-c6nc7ccccc7c7ccccc67)nc5)c4)c3)n2)cc1. The largest absolute Gasteiger partial charge is 0.264 e. The van der Waals surface area contributed by atoms with Crippen LogP contribution < -0.4 is 0 Å². The van der Waals surface area contributed by atoms with Gasteiger partial charge in [-0.25, -0.2) is 15.0 Å². The minimum atomic E-state index is 0.685. The van der Waals surface area contributed by atoms with Crippen LogP contribution in [0, 0.1) is 0 Å². The van der Waals surface area contributed by atoms with E-state index in [0.717, 1.165) is 89.1 Å². The molecule has 10 rings (SSSR count). The second-order valence-electron chi connectivity index (χ2n) is 13.8. The second kappa shape index (κ2) is 14.3. The van der Waals surface area contributed by atoms with E-state index in [4.69, 9.17) is 19.9 Å². The first-order chi connectivity index (χ1) is 27.7. The zero-order chi connectivity index (χ0) is 37.3. The molecule has 0 bridgehead atoms. The van der Waals surface area contributed by atoms with Crippen LogP contribution in [-0.4, -0.2) is 24.9 Å². The summed E-state index contributed by atoms with van der Waals surface area (Å²) in [6.07, 6.45) is 5.63. The standard InChI is InChI=1S/C51H33N5/c1-2-11-36(12-3-1)51-55-48(35-24-22-34(23-25-35)41-17-10-28-52-32-41)31-49(56-51)40-16-9-14-38(30-40)37-13-8-15-39(29-37)42-26-27-47(53-33-42)50-45-20-5-4-18-43(45)44-19-6-7-21-46(44)54-50/h1-33H. The third kappa shape index (κ3) is 6.37. The van der Waals surface area contributed by atoms with E-state index in [1.807, 2.05) is 42.7 Å². The van der Waals surface area contributed by atoms with Gasteiger partial charge in [0, 0.05) is 51.6 Å². The molecule has 4 heterocycles. The molecule has 262 valence electrons. The molecule has 0 N–H and O–H groups in total. The van der Waals surface area contributed by atoms with Gasteiger partial charge < -0.3 is 0 Å². The maximum atomic E-state index is 5.10. The molecule has 0 aliphatic carbocycles. The van der Waals surface area contributed by atoms with Crippen molar-refractivity contribution in [1.82, 2.24) is 24.9 Å². The molecular weight excluding hydrogens is 683 g/mol. The van der Waals surface area contributed by atoms with Gasteiger partial charge in [0.1, 0.15) is 0 Å². The van der Waals surface area contributed by atoms with E-state index >= 15 is 0 Å². The van der Waals surface area contributed by atoms with Gasteiger partial charge in [-0.3, -0.25) is 9.97 Å². The summed E-state index contributed by atoms with van der Waals surface area (Å²) in [7, 11) is 0. The van der Waals surface area contributed by atoms with E-state index in [9.17, 15) is 0 Å². The maximum Gasteiger partial charge on any atom is 0.160 e. The number of aromatic nitrogens is 5. The highest BCUT2D eigenvalue weighted by Gasteiger charge is 2.14. The lowest BCUT2D eigenvalue weighted by atomic mass is 9.97. The van der Waals surface area contributed by atoms with E-state index in [2.05, 4.69) is 157 Å². The lowest BCUT2D eigenvalue weighted by molar-refractivity contribution is 1.18. The van der Waals surface area contributed by atoms with Crippen molar-refractivity contribution in [1.29, 1.82) is 0 Å². The number of benzene rings is 6. The average Bonchev–Trinajstić information content (AvgIpc) is 3.29. The van der Waals surface area contributed by atoms with Crippen molar-refractivity contribution in [2.45, 2.75) is 0 Å². The molecule has 0 aliphatic heterocycles. The molecule has 0 spiro atoms. The molecule has 0 atom stereocenters. The van der Waals surface area contributed by atoms with E-state index in [0.29, 0.717) is 5.82 Å². The predicted molar refractivity (Wildman–Crippen MR) is 228 cm³/mol. The fourth-order valence-corrected chi connectivity index (χ4v) is 7.37.